The number of benzene rings is 1. The molecule has 3 rings (SSSR count). The Morgan fingerprint density at radius 2 is 1.96 bits per heavy atom. The summed E-state index contributed by atoms with van der Waals surface area (Å²) in [5.74, 6) is 0.569. The number of nitrogens with one attached hydrogen (secondary N) is 1. The Morgan fingerprint density at radius 1 is 1.32 bits per heavy atom. The van der Waals surface area contributed by atoms with Crippen LogP contribution in [0.2, 0.25) is 0 Å². The van der Waals surface area contributed by atoms with Gasteiger partial charge in [-0.25, -0.2) is 0 Å². The van der Waals surface area contributed by atoms with Crippen LogP contribution in [0.4, 0.5) is 0 Å². The maximum atomic E-state index is 13.0. The molecular weight excluding hydrogens is 336 g/mol. The molecule has 2 aliphatic carbocycles. The van der Waals surface area contributed by atoms with Gasteiger partial charge in [-0.05, 0) is 37.7 Å². The molecule has 0 aromatic heterocycles. The summed E-state index contributed by atoms with van der Waals surface area (Å²) in [5, 5.41) is 3.27. The lowest BCUT2D eigenvalue weighted by Gasteiger charge is -2.57. The van der Waals surface area contributed by atoms with E-state index in [4.69, 9.17) is 10.5 Å². The first-order valence-electron chi connectivity index (χ1n) is 9.14. The first kappa shape index (κ1) is 20.2. The van der Waals surface area contributed by atoms with E-state index < -0.39 is 5.54 Å². The lowest BCUT2D eigenvalue weighted by molar-refractivity contribution is -0.171. The van der Waals surface area contributed by atoms with E-state index in [2.05, 4.69) is 17.4 Å². The third-order valence-electron chi connectivity index (χ3n) is 6.04. The van der Waals surface area contributed by atoms with Crippen molar-refractivity contribution in [3.63, 3.8) is 0 Å². The Labute approximate surface area is 157 Å². The summed E-state index contributed by atoms with van der Waals surface area (Å²) in [6, 6.07) is 10.5. The van der Waals surface area contributed by atoms with E-state index in [0.29, 0.717) is 18.9 Å². The zero-order valence-electron chi connectivity index (χ0n) is 15.5. The maximum absolute atomic E-state index is 13.0. The highest BCUT2D eigenvalue weighted by Gasteiger charge is 2.63. The minimum absolute atomic E-state index is 0. The molecule has 2 saturated carbocycles. The summed E-state index contributed by atoms with van der Waals surface area (Å²) in [4.78, 5) is 13.0. The highest BCUT2D eigenvalue weighted by molar-refractivity contribution is 5.89. The average Bonchev–Trinajstić information content (AvgIpc) is 3.39. The average molecular weight is 367 g/mol. The van der Waals surface area contributed by atoms with Gasteiger partial charge in [-0.3, -0.25) is 4.79 Å². The second kappa shape index (κ2) is 7.65. The largest absolute Gasteiger partial charge is 0.378 e. The topological polar surface area (TPSA) is 64.3 Å². The second-order valence-electron chi connectivity index (χ2n) is 7.95. The van der Waals surface area contributed by atoms with Crippen LogP contribution in [0.25, 0.3) is 0 Å². The first-order chi connectivity index (χ1) is 11.4. The van der Waals surface area contributed by atoms with Crippen LogP contribution < -0.4 is 11.1 Å². The third-order valence-corrected chi connectivity index (χ3v) is 6.04. The maximum Gasteiger partial charge on any atom is 0.241 e. The molecule has 4 nitrogen and oxygen atoms in total. The van der Waals surface area contributed by atoms with Crippen LogP contribution in [-0.2, 0) is 16.0 Å². The minimum atomic E-state index is -0.837. The van der Waals surface area contributed by atoms with Gasteiger partial charge < -0.3 is 15.8 Å². The van der Waals surface area contributed by atoms with Gasteiger partial charge in [-0.1, -0.05) is 44.2 Å². The highest BCUT2D eigenvalue weighted by atomic mass is 35.5. The number of hydrogen-bond acceptors (Lipinski definition) is 3. The Balaban J connectivity index is 0.00000225. The van der Waals surface area contributed by atoms with Gasteiger partial charge in [0, 0.05) is 24.5 Å². The van der Waals surface area contributed by atoms with Crippen LogP contribution in [0.15, 0.2) is 30.3 Å². The van der Waals surface area contributed by atoms with Crippen LogP contribution in [-0.4, -0.2) is 30.2 Å². The summed E-state index contributed by atoms with van der Waals surface area (Å²) in [7, 11) is 0. The quantitative estimate of drug-likeness (QED) is 0.779. The fraction of sp³-hybridized carbons (Fsp3) is 0.650. The monoisotopic (exact) mass is 366 g/mol. The van der Waals surface area contributed by atoms with E-state index in [-0.39, 0.29) is 35.9 Å². The Hall–Kier alpha value is -1.10. The smallest absolute Gasteiger partial charge is 0.241 e. The molecule has 0 heterocycles. The van der Waals surface area contributed by atoms with Gasteiger partial charge in [0.25, 0.3) is 0 Å². The van der Waals surface area contributed by atoms with Crippen LogP contribution >= 0.6 is 12.4 Å². The molecule has 25 heavy (non-hydrogen) atoms. The Morgan fingerprint density at radius 3 is 2.48 bits per heavy atom. The van der Waals surface area contributed by atoms with Gasteiger partial charge in [0.05, 0.1) is 6.10 Å². The van der Waals surface area contributed by atoms with Crippen molar-refractivity contribution >= 4 is 18.3 Å². The molecule has 140 valence electrons. The number of amides is 1. The van der Waals surface area contributed by atoms with Gasteiger partial charge in [-0.15, -0.1) is 12.4 Å². The van der Waals surface area contributed by atoms with E-state index in [1.807, 2.05) is 39.0 Å². The van der Waals surface area contributed by atoms with E-state index in [1.54, 1.807) is 0 Å². The number of rotatable bonds is 7. The van der Waals surface area contributed by atoms with Crippen molar-refractivity contribution in [2.75, 3.05) is 6.61 Å². The van der Waals surface area contributed by atoms with Crippen LogP contribution in [0.5, 0.6) is 0 Å². The zero-order valence-corrected chi connectivity index (χ0v) is 16.3. The third kappa shape index (κ3) is 3.86. The van der Waals surface area contributed by atoms with Crippen molar-refractivity contribution in [1.29, 1.82) is 0 Å². The van der Waals surface area contributed by atoms with Crippen molar-refractivity contribution in [2.24, 2.45) is 17.1 Å². The molecule has 1 aromatic carbocycles. The summed E-state index contributed by atoms with van der Waals surface area (Å²) >= 11 is 0. The summed E-state index contributed by atoms with van der Waals surface area (Å²) in [6.07, 6.45) is 3.93. The van der Waals surface area contributed by atoms with Crippen molar-refractivity contribution < 1.29 is 9.53 Å². The van der Waals surface area contributed by atoms with Gasteiger partial charge >= 0.3 is 0 Å². The standard InChI is InChI=1S/C20H30N2O2.ClH/c1-4-24-17-13-20(21,19(17,2)3)18(23)22-16(15-10-11-15)12-14-8-6-5-7-9-14;/h5-9,15-17H,4,10-13,21H2,1-3H3,(H,22,23);1H. The van der Waals surface area contributed by atoms with Gasteiger partial charge in [-0.2, -0.15) is 0 Å². The molecule has 0 spiro atoms. The number of nitrogens with two attached hydrogens (primary N) is 1. The van der Waals surface area contributed by atoms with E-state index in [0.717, 1.165) is 6.42 Å². The molecule has 2 aliphatic rings. The molecule has 3 atom stereocenters. The fourth-order valence-electron chi connectivity index (χ4n) is 3.82. The molecule has 0 bridgehead atoms. The van der Waals surface area contributed by atoms with Crippen molar-refractivity contribution in [2.45, 2.75) is 64.1 Å². The van der Waals surface area contributed by atoms with Crippen LogP contribution in [0.1, 0.15) is 45.6 Å². The van der Waals surface area contributed by atoms with E-state index in [9.17, 15) is 4.79 Å². The molecule has 0 aliphatic heterocycles. The number of hydrogen-bond donors (Lipinski definition) is 2. The lowest BCUT2D eigenvalue weighted by atomic mass is 9.54. The molecule has 1 amide bonds. The molecule has 5 heteroatoms. The van der Waals surface area contributed by atoms with Crippen molar-refractivity contribution in [3.8, 4) is 0 Å². The van der Waals surface area contributed by atoms with Crippen molar-refractivity contribution in [1.82, 2.24) is 5.32 Å². The molecule has 2 fully saturated rings. The zero-order chi connectivity index (χ0) is 17.4. The number of carbonyl (C=O) groups is 1. The summed E-state index contributed by atoms with van der Waals surface area (Å²) in [5.41, 5.74) is 6.60. The SMILES string of the molecule is CCOC1CC(N)(C(=O)NC(Cc2ccccc2)C2CC2)C1(C)C.Cl. The molecule has 3 unspecified atom stereocenters. The second-order valence-corrected chi connectivity index (χ2v) is 7.95. The lowest BCUT2D eigenvalue weighted by Crippen LogP contribution is -2.76. The van der Waals surface area contributed by atoms with Crippen molar-refractivity contribution in [3.05, 3.63) is 35.9 Å². The number of halogens is 1. The van der Waals surface area contributed by atoms with E-state index >= 15 is 0 Å². The summed E-state index contributed by atoms with van der Waals surface area (Å²) in [6.45, 7) is 6.72. The molecule has 3 N–H and O–H groups in total. The Kier molecular flexibility index (Phi) is 6.18. The molecule has 1 aromatic rings. The number of carbonyl (C=O) groups excluding carboxylic acids is 1. The molecular formula is C20H31ClN2O2. The summed E-state index contributed by atoms with van der Waals surface area (Å²) < 4.78 is 5.74. The van der Waals surface area contributed by atoms with Gasteiger partial charge in [0.15, 0.2) is 0 Å². The highest BCUT2D eigenvalue weighted by Crippen LogP contribution is 2.50. The normalized spacial score (nSPS) is 28.4. The van der Waals surface area contributed by atoms with Gasteiger partial charge in [0.2, 0.25) is 5.91 Å². The fourth-order valence-corrected chi connectivity index (χ4v) is 3.82. The molecule has 0 radical (unpaired) electrons. The van der Waals surface area contributed by atoms with Crippen LogP contribution in [0.3, 0.4) is 0 Å². The van der Waals surface area contributed by atoms with E-state index in [1.165, 1.54) is 18.4 Å². The molecule has 0 saturated heterocycles. The van der Waals surface area contributed by atoms with Crippen LogP contribution in [0, 0.1) is 11.3 Å². The number of ether oxygens (including phenoxy) is 1. The first-order valence-corrected chi connectivity index (χ1v) is 9.14. The predicted octanol–water partition coefficient (Wildman–Crippen LogP) is 3.08. The Bertz CT molecular complexity index is 589. The van der Waals surface area contributed by atoms with Gasteiger partial charge in [0.1, 0.15) is 5.54 Å². The predicted molar refractivity (Wildman–Crippen MR) is 103 cm³/mol. The minimum Gasteiger partial charge on any atom is -0.378 e.